The lowest BCUT2D eigenvalue weighted by Gasteiger charge is -2.06. The Morgan fingerprint density at radius 1 is 1.14 bits per heavy atom. The normalized spacial score (nSPS) is 10.4. The largest absolute Gasteiger partial charge is 0.497 e. The van der Waals surface area contributed by atoms with Crippen LogP contribution in [0.15, 0.2) is 54.7 Å². The summed E-state index contributed by atoms with van der Waals surface area (Å²) in [4.78, 5) is 11.1. The van der Waals surface area contributed by atoms with Gasteiger partial charge in [-0.05, 0) is 29.8 Å². The Bertz CT molecular complexity index is 807. The number of aromatic carboxylic acids is 1. The Labute approximate surface area is 127 Å². The van der Waals surface area contributed by atoms with Gasteiger partial charge in [-0.3, -0.25) is 5.10 Å². The summed E-state index contributed by atoms with van der Waals surface area (Å²) in [6.07, 6.45) is 1.73. The van der Waals surface area contributed by atoms with Crippen LogP contribution in [-0.2, 0) is 0 Å². The van der Waals surface area contributed by atoms with Crippen LogP contribution >= 0.6 is 0 Å². The van der Waals surface area contributed by atoms with Gasteiger partial charge in [0.1, 0.15) is 5.75 Å². The molecule has 0 saturated carbocycles. The molecule has 0 bridgehead atoms. The fourth-order valence-corrected chi connectivity index (χ4v) is 2.30. The highest BCUT2D eigenvalue weighted by molar-refractivity contribution is 5.90. The van der Waals surface area contributed by atoms with Gasteiger partial charge in [-0.25, -0.2) is 4.79 Å². The predicted octanol–water partition coefficient (Wildman–Crippen LogP) is 3.45. The molecular weight excluding hydrogens is 280 g/mol. The zero-order chi connectivity index (χ0) is 15.5. The fourth-order valence-electron chi connectivity index (χ4n) is 2.30. The minimum absolute atomic E-state index is 0.243. The van der Waals surface area contributed by atoms with E-state index in [1.807, 2.05) is 30.3 Å². The summed E-state index contributed by atoms with van der Waals surface area (Å²) in [5.41, 5.74) is 3.69. The van der Waals surface area contributed by atoms with Crippen molar-refractivity contribution in [1.29, 1.82) is 0 Å². The zero-order valence-corrected chi connectivity index (χ0v) is 11.9. The summed E-state index contributed by atoms with van der Waals surface area (Å²) in [5, 5.41) is 16.1. The van der Waals surface area contributed by atoms with Crippen molar-refractivity contribution < 1.29 is 14.6 Å². The van der Waals surface area contributed by atoms with Crippen LogP contribution in [0.25, 0.3) is 22.4 Å². The van der Waals surface area contributed by atoms with Gasteiger partial charge in [-0.2, -0.15) is 5.10 Å². The van der Waals surface area contributed by atoms with Crippen molar-refractivity contribution in [2.24, 2.45) is 0 Å². The first kappa shape index (κ1) is 13.9. The third-order valence-electron chi connectivity index (χ3n) is 3.44. The smallest absolute Gasteiger partial charge is 0.335 e. The van der Waals surface area contributed by atoms with Gasteiger partial charge in [-0.1, -0.05) is 24.3 Å². The summed E-state index contributed by atoms with van der Waals surface area (Å²) in [5.74, 6) is -0.172. The minimum atomic E-state index is -0.952. The van der Waals surface area contributed by atoms with Gasteiger partial charge in [0.25, 0.3) is 0 Å². The molecule has 3 rings (SSSR count). The predicted molar refractivity (Wildman–Crippen MR) is 83.0 cm³/mol. The number of nitrogens with one attached hydrogen (secondary N) is 1. The summed E-state index contributed by atoms with van der Waals surface area (Å²) in [6.45, 7) is 0. The molecule has 2 aromatic carbocycles. The molecule has 0 atom stereocenters. The van der Waals surface area contributed by atoms with Gasteiger partial charge >= 0.3 is 5.97 Å². The van der Waals surface area contributed by atoms with E-state index < -0.39 is 5.97 Å². The van der Waals surface area contributed by atoms with Gasteiger partial charge < -0.3 is 9.84 Å². The van der Waals surface area contributed by atoms with Crippen molar-refractivity contribution in [1.82, 2.24) is 10.2 Å². The molecule has 0 aliphatic heterocycles. The molecule has 110 valence electrons. The number of H-pyrrole nitrogens is 1. The third kappa shape index (κ3) is 2.56. The SMILES string of the molecule is COc1ccc(-c2cn[nH]c2-c2cccc(C(=O)O)c2)cc1. The Morgan fingerprint density at radius 3 is 2.59 bits per heavy atom. The Balaban J connectivity index is 2.04. The molecule has 0 amide bonds. The number of rotatable bonds is 4. The number of ether oxygens (including phenoxy) is 1. The molecule has 0 aliphatic carbocycles. The number of aromatic nitrogens is 2. The fraction of sp³-hybridized carbons (Fsp3) is 0.0588. The van der Waals surface area contributed by atoms with Crippen LogP contribution in [0.2, 0.25) is 0 Å². The molecule has 0 spiro atoms. The topological polar surface area (TPSA) is 75.2 Å². The number of nitrogens with zero attached hydrogens (tertiary/aromatic N) is 1. The van der Waals surface area contributed by atoms with Gasteiger partial charge in [0.2, 0.25) is 0 Å². The summed E-state index contributed by atoms with van der Waals surface area (Å²) in [7, 11) is 1.62. The summed E-state index contributed by atoms with van der Waals surface area (Å²) >= 11 is 0. The first-order valence-corrected chi connectivity index (χ1v) is 6.70. The maximum absolute atomic E-state index is 11.1. The average Bonchev–Trinajstić information content (AvgIpc) is 3.04. The molecule has 0 unspecified atom stereocenters. The average molecular weight is 294 g/mol. The molecule has 0 fully saturated rings. The maximum Gasteiger partial charge on any atom is 0.335 e. The molecule has 5 heteroatoms. The number of benzene rings is 2. The monoisotopic (exact) mass is 294 g/mol. The first-order chi connectivity index (χ1) is 10.7. The van der Waals surface area contributed by atoms with Crippen LogP contribution < -0.4 is 4.74 Å². The van der Waals surface area contributed by atoms with E-state index in [0.29, 0.717) is 0 Å². The zero-order valence-electron chi connectivity index (χ0n) is 11.9. The quantitative estimate of drug-likeness (QED) is 0.772. The van der Waals surface area contributed by atoms with Gasteiger partial charge in [0.05, 0.1) is 24.6 Å². The van der Waals surface area contributed by atoms with E-state index >= 15 is 0 Å². The molecule has 3 aromatic rings. The van der Waals surface area contributed by atoms with E-state index in [2.05, 4.69) is 10.2 Å². The minimum Gasteiger partial charge on any atom is -0.497 e. The van der Waals surface area contributed by atoms with Crippen LogP contribution in [0.5, 0.6) is 5.75 Å². The highest BCUT2D eigenvalue weighted by Crippen LogP contribution is 2.31. The van der Waals surface area contributed by atoms with Gasteiger partial charge in [-0.15, -0.1) is 0 Å². The summed E-state index contributed by atoms with van der Waals surface area (Å²) < 4.78 is 5.15. The lowest BCUT2D eigenvalue weighted by Crippen LogP contribution is -1.96. The number of hydrogen-bond acceptors (Lipinski definition) is 3. The van der Waals surface area contributed by atoms with E-state index in [1.165, 1.54) is 0 Å². The second-order valence-corrected chi connectivity index (χ2v) is 4.77. The first-order valence-electron chi connectivity index (χ1n) is 6.70. The van der Waals surface area contributed by atoms with Crippen LogP contribution in [-0.4, -0.2) is 28.4 Å². The third-order valence-corrected chi connectivity index (χ3v) is 3.44. The van der Waals surface area contributed by atoms with E-state index in [4.69, 9.17) is 9.84 Å². The van der Waals surface area contributed by atoms with Crippen molar-refractivity contribution in [3.8, 4) is 28.1 Å². The molecule has 1 heterocycles. The van der Waals surface area contributed by atoms with Crippen LogP contribution in [0, 0.1) is 0 Å². The number of aromatic amines is 1. The summed E-state index contributed by atoms with van der Waals surface area (Å²) in [6, 6.07) is 14.4. The van der Waals surface area contributed by atoms with E-state index in [-0.39, 0.29) is 5.56 Å². The van der Waals surface area contributed by atoms with Crippen LogP contribution in [0.1, 0.15) is 10.4 Å². The highest BCUT2D eigenvalue weighted by Gasteiger charge is 2.12. The Morgan fingerprint density at radius 2 is 1.91 bits per heavy atom. The van der Waals surface area contributed by atoms with Gasteiger partial charge in [0.15, 0.2) is 0 Å². The van der Waals surface area contributed by atoms with E-state index in [9.17, 15) is 4.79 Å². The second-order valence-electron chi connectivity index (χ2n) is 4.77. The Kier molecular flexibility index (Phi) is 3.62. The number of hydrogen-bond donors (Lipinski definition) is 2. The lowest BCUT2D eigenvalue weighted by molar-refractivity contribution is 0.0697. The number of carbonyl (C=O) groups is 1. The maximum atomic E-state index is 11.1. The van der Waals surface area contributed by atoms with Crippen molar-refractivity contribution in [3.05, 3.63) is 60.3 Å². The van der Waals surface area contributed by atoms with E-state index in [0.717, 1.165) is 28.1 Å². The Hall–Kier alpha value is -3.08. The number of carboxylic acid groups (broad SMARTS) is 1. The standard InChI is InChI=1S/C17H14N2O3/c1-22-14-7-5-11(6-8-14)15-10-18-19-16(15)12-3-2-4-13(9-12)17(20)21/h2-10H,1H3,(H,18,19)(H,20,21). The molecule has 2 N–H and O–H groups in total. The molecule has 0 saturated heterocycles. The number of carboxylic acids is 1. The molecule has 1 aromatic heterocycles. The number of methoxy groups -OCH3 is 1. The van der Waals surface area contributed by atoms with Crippen LogP contribution in [0.3, 0.4) is 0 Å². The molecule has 0 aliphatic rings. The van der Waals surface area contributed by atoms with Crippen molar-refractivity contribution >= 4 is 5.97 Å². The van der Waals surface area contributed by atoms with Crippen molar-refractivity contribution in [2.75, 3.05) is 7.11 Å². The molecule has 0 radical (unpaired) electrons. The lowest BCUT2D eigenvalue weighted by atomic mass is 10.0. The molecular formula is C17H14N2O3. The van der Waals surface area contributed by atoms with Crippen molar-refractivity contribution in [2.45, 2.75) is 0 Å². The highest BCUT2D eigenvalue weighted by atomic mass is 16.5. The van der Waals surface area contributed by atoms with E-state index in [1.54, 1.807) is 31.5 Å². The second kappa shape index (κ2) is 5.73. The molecule has 22 heavy (non-hydrogen) atoms. The molecule has 5 nitrogen and oxygen atoms in total. The van der Waals surface area contributed by atoms with Crippen molar-refractivity contribution in [3.63, 3.8) is 0 Å². The van der Waals surface area contributed by atoms with Gasteiger partial charge in [0, 0.05) is 11.1 Å². The van der Waals surface area contributed by atoms with Crippen LogP contribution in [0.4, 0.5) is 0 Å².